The van der Waals surface area contributed by atoms with E-state index in [0.29, 0.717) is 15.8 Å². The second kappa shape index (κ2) is 15.2. The van der Waals surface area contributed by atoms with Gasteiger partial charge in [-0.1, -0.05) is 35.9 Å². The van der Waals surface area contributed by atoms with Gasteiger partial charge in [-0.3, -0.25) is 0 Å². The summed E-state index contributed by atoms with van der Waals surface area (Å²) >= 11 is 12.3. The van der Waals surface area contributed by atoms with Crippen molar-refractivity contribution >= 4 is 78.3 Å². The number of halogens is 6. The summed E-state index contributed by atoms with van der Waals surface area (Å²) in [5.74, 6) is -1.57. The van der Waals surface area contributed by atoms with Crippen molar-refractivity contribution in [1.29, 1.82) is 10.5 Å². The van der Waals surface area contributed by atoms with Crippen LogP contribution in [-0.4, -0.2) is 22.3 Å². The fourth-order valence-corrected chi connectivity index (χ4v) is 4.48. The summed E-state index contributed by atoms with van der Waals surface area (Å²) in [4.78, 5) is 23.8. The lowest BCUT2D eigenvalue weighted by atomic mass is 10.1. The fraction of sp³-hybridized carbons (Fsp3) is 0.0345. The SMILES string of the molecule is N#Cc1ccc(NC(=O)Nc2ccccc2Br)c(O)c1C(F)(F)F.N#Cc1ccc(NC(=O)Nc2ccccc2Br)c(O)c1Cl. The third-order valence-electron chi connectivity index (χ3n) is 5.56. The van der Waals surface area contributed by atoms with Gasteiger partial charge in [0.1, 0.15) is 16.7 Å². The number of para-hydroxylation sites is 2. The fourth-order valence-electron chi connectivity index (χ4n) is 3.50. The van der Waals surface area contributed by atoms with Crippen LogP contribution in [0.4, 0.5) is 45.5 Å². The summed E-state index contributed by atoms with van der Waals surface area (Å²) < 4.78 is 40.2. The Hall–Kier alpha value is -4.96. The highest BCUT2D eigenvalue weighted by Gasteiger charge is 2.38. The normalized spacial score (nSPS) is 10.3. The van der Waals surface area contributed by atoms with Gasteiger partial charge in [-0.15, -0.1) is 0 Å². The lowest BCUT2D eigenvalue weighted by molar-refractivity contribution is -0.138. The van der Waals surface area contributed by atoms with E-state index in [4.69, 9.17) is 22.1 Å². The molecule has 4 aromatic carbocycles. The van der Waals surface area contributed by atoms with Crippen LogP contribution in [-0.2, 0) is 6.18 Å². The van der Waals surface area contributed by atoms with Crippen molar-refractivity contribution in [3.63, 3.8) is 0 Å². The first-order valence-electron chi connectivity index (χ1n) is 12.2. The minimum atomic E-state index is -4.94. The minimum absolute atomic E-state index is 0.101. The highest BCUT2D eigenvalue weighted by atomic mass is 79.9. The molecule has 16 heteroatoms. The molecule has 10 nitrogen and oxygen atoms in total. The van der Waals surface area contributed by atoms with Crippen molar-refractivity contribution in [2.75, 3.05) is 21.3 Å². The number of aromatic hydroxyl groups is 2. The number of phenolic OH excluding ortho intramolecular Hbond substituents is 2. The standard InChI is InChI=1S/C15H9BrF3N3O2.C14H9BrClN3O2/c16-9-3-1-2-4-10(9)21-14(24)22-11-6-5-8(7-20)12(13(11)23)15(17,18)19;15-9-3-1-2-4-10(9)18-14(21)19-11-6-5-8(7-17)12(16)13(11)20/h1-6,23H,(H2,21,22,24);1-6,20H,(H2,18,19,21). The van der Waals surface area contributed by atoms with Crippen LogP contribution in [0.2, 0.25) is 5.02 Å². The summed E-state index contributed by atoms with van der Waals surface area (Å²) in [5.41, 5.74) is -1.49. The zero-order chi connectivity index (χ0) is 33.3. The summed E-state index contributed by atoms with van der Waals surface area (Å²) in [7, 11) is 0. The number of nitrogens with one attached hydrogen (secondary N) is 4. The molecule has 0 bridgehead atoms. The molecule has 0 aromatic heterocycles. The Balaban J connectivity index is 0.000000248. The number of hydrogen-bond acceptors (Lipinski definition) is 6. The molecular formula is C29H18Br2ClF3N6O4. The molecule has 0 saturated carbocycles. The van der Waals surface area contributed by atoms with E-state index < -0.39 is 40.8 Å². The second-order valence-electron chi connectivity index (χ2n) is 8.55. The predicted octanol–water partition coefficient (Wildman–Crippen LogP) is 9.01. The van der Waals surface area contributed by atoms with Gasteiger partial charge in [-0.05, 0) is 80.4 Å². The lowest BCUT2D eigenvalue weighted by Crippen LogP contribution is -2.20. The van der Waals surface area contributed by atoms with E-state index in [2.05, 4.69) is 53.1 Å². The average Bonchev–Trinajstić information content (AvgIpc) is 2.98. The highest BCUT2D eigenvalue weighted by Crippen LogP contribution is 2.42. The molecule has 230 valence electrons. The molecule has 6 N–H and O–H groups in total. The molecule has 0 aliphatic heterocycles. The number of nitrogens with zero attached hydrogens (tertiary/aromatic N) is 2. The lowest BCUT2D eigenvalue weighted by Gasteiger charge is -2.15. The Morgan fingerprint density at radius 2 is 1.07 bits per heavy atom. The maximum atomic E-state index is 13.0. The molecule has 0 aliphatic carbocycles. The molecular weight excluding hydrogens is 749 g/mol. The molecule has 0 heterocycles. The molecule has 0 fully saturated rings. The van der Waals surface area contributed by atoms with Gasteiger partial charge in [-0.2, -0.15) is 23.7 Å². The summed E-state index contributed by atoms with van der Waals surface area (Å²) in [6.45, 7) is 0. The maximum Gasteiger partial charge on any atom is 0.421 e. The van der Waals surface area contributed by atoms with Crippen LogP contribution >= 0.6 is 43.5 Å². The van der Waals surface area contributed by atoms with E-state index >= 15 is 0 Å². The predicted molar refractivity (Wildman–Crippen MR) is 169 cm³/mol. The number of alkyl halides is 3. The smallest absolute Gasteiger partial charge is 0.421 e. The number of phenols is 2. The first-order valence-corrected chi connectivity index (χ1v) is 14.1. The van der Waals surface area contributed by atoms with Crippen LogP contribution in [0.5, 0.6) is 11.5 Å². The van der Waals surface area contributed by atoms with E-state index in [-0.39, 0.29) is 22.0 Å². The van der Waals surface area contributed by atoms with Crippen molar-refractivity contribution in [2.24, 2.45) is 0 Å². The van der Waals surface area contributed by atoms with Gasteiger partial charge in [0.15, 0.2) is 11.5 Å². The first kappa shape index (κ1) is 34.5. The van der Waals surface area contributed by atoms with E-state index in [1.165, 1.54) is 18.2 Å². The Labute approximate surface area is 275 Å². The average molecular weight is 767 g/mol. The van der Waals surface area contributed by atoms with Crippen molar-refractivity contribution < 1.29 is 33.0 Å². The Morgan fingerprint density at radius 3 is 1.49 bits per heavy atom. The van der Waals surface area contributed by atoms with Crippen molar-refractivity contribution in [3.8, 4) is 23.6 Å². The summed E-state index contributed by atoms with van der Waals surface area (Å²) in [6, 6.07) is 20.2. The van der Waals surface area contributed by atoms with Gasteiger partial charge in [0.2, 0.25) is 0 Å². The quantitative estimate of drug-likeness (QED) is 0.113. The number of anilines is 4. The molecule has 4 aromatic rings. The third kappa shape index (κ3) is 9.02. The second-order valence-corrected chi connectivity index (χ2v) is 10.6. The Bertz CT molecular complexity index is 1840. The van der Waals surface area contributed by atoms with Crippen molar-refractivity contribution in [1.82, 2.24) is 0 Å². The molecule has 45 heavy (non-hydrogen) atoms. The van der Waals surface area contributed by atoms with Gasteiger partial charge in [0.25, 0.3) is 0 Å². The Kier molecular flexibility index (Phi) is 11.6. The number of urea groups is 2. The van der Waals surface area contributed by atoms with Crippen molar-refractivity contribution in [2.45, 2.75) is 6.18 Å². The summed E-state index contributed by atoms with van der Waals surface area (Å²) in [5, 5.41) is 46.7. The molecule has 4 amide bonds. The van der Waals surface area contributed by atoms with Crippen LogP contribution in [0.1, 0.15) is 16.7 Å². The van der Waals surface area contributed by atoms with Crippen LogP contribution in [0.3, 0.4) is 0 Å². The van der Waals surface area contributed by atoms with E-state index in [1.54, 1.807) is 42.5 Å². The van der Waals surface area contributed by atoms with E-state index in [9.17, 15) is 33.0 Å². The summed E-state index contributed by atoms with van der Waals surface area (Å²) in [6.07, 6.45) is -4.94. The van der Waals surface area contributed by atoms with E-state index in [1.807, 2.05) is 12.1 Å². The van der Waals surface area contributed by atoms with Crippen LogP contribution in [0.25, 0.3) is 0 Å². The first-order chi connectivity index (χ1) is 21.3. The van der Waals surface area contributed by atoms with E-state index in [0.717, 1.165) is 16.6 Å². The number of benzene rings is 4. The topological polar surface area (TPSA) is 170 Å². The number of hydrogen-bond donors (Lipinski definition) is 6. The monoisotopic (exact) mass is 764 g/mol. The molecule has 0 aliphatic rings. The number of nitriles is 2. The highest BCUT2D eigenvalue weighted by molar-refractivity contribution is 9.11. The molecule has 4 rings (SSSR count). The van der Waals surface area contributed by atoms with Gasteiger partial charge in [-0.25, -0.2) is 9.59 Å². The largest absolute Gasteiger partial charge is 0.505 e. The maximum absolute atomic E-state index is 13.0. The van der Waals surface area contributed by atoms with Gasteiger partial charge >= 0.3 is 18.2 Å². The van der Waals surface area contributed by atoms with Crippen LogP contribution in [0, 0.1) is 22.7 Å². The Morgan fingerprint density at radius 1 is 0.667 bits per heavy atom. The number of carbonyl (C=O) groups excluding carboxylic acids is 2. The minimum Gasteiger partial charge on any atom is -0.505 e. The number of amides is 4. The zero-order valence-electron chi connectivity index (χ0n) is 22.3. The zero-order valence-corrected chi connectivity index (χ0v) is 26.2. The molecule has 0 saturated heterocycles. The van der Waals surface area contributed by atoms with Gasteiger partial charge in [0, 0.05) is 8.95 Å². The van der Waals surface area contributed by atoms with Crippen LogP contribution in [0.15, 0.2) is 81.7 Å². The molecule has 0 atom stereocenters. The number of rotatable bonds is 4. The van der Waals surface area contributed by atoms with Crippen LogP contribution < -0.4 is 21.3 Å². The number of carbonyl (C=O) groups is 2. The molecule has 0 unspecified atom stereocenters. The molecule has 0 spiro atoms. The van der Waals surface area contributed by atoms with Crippen molar-refractivity contribution in [3.05, 3.63) is 103 Å². The molecule has 0 radical (unpaired) electrons. The third-order valence-corrected chi connectivity index (χ3v) is 7.32. The van der Waals surface area contributed by atoms with Gasteiger partial charge in [0.05, 0.1) is 39.9 Å². The van der Waals surface area contributed by atoms with Gasteiger partial charge < -0.3 is 31.5 Å².